The molecule has 0 radical (unpaired) electrons. The van der Waals surface area contributed by atoms with Crippen LogP contribution >= 0.6 is 0 Å². The Kier molecular flexibility index (Phi) is 6.66. The van der Waals surface area contributed by atoms with Crippen molar-refractivity contribution in [1.82, 2.24) is 0 Å². The van der Waals surface area contributed by atoms with Gasteiger partial charge in [0.2, 0.25) is 5.91 Å². The minimum atomic E-state index is -0.259. The number of hydrogen-bond donors (Lipinski definition) is 2. The molecule has 0 bridgehead atoms. The zero-order valence-electron chi connectivity index (χ0n) is 18.0. The van der Waals surface area contributed by atoms with Gasteiger partial charge in [0.15, 0.2) is 0 Å². The number of para-hydroxylation sites is 2. The van der Waals surface area contributed by atoms with Gasteiger partial charge in [0.05, 0.1) is 18.5 Å². The number of carbonyl (C=O) groups is 2. The zero-order chi connectivity index (χ0) is 22.3. The second-order valence-corrected chi connectivity index (χ2v) is 7.80. The van der Waals surface area contributed by atoms with Crippen LogP contribution in [0.3, 0.4) is 0 Å². The van der Waals surface area contributed by atoms with Crippen molar-refractivity contribution in [2.75, 3.05) is 17.7 Å². The van der Waals surface area contributed by atoms with Gasteiger partial charge in [-0.1, -0.05) is 54.6 Å². The molecule has 162 valence electrons. The van der Waals surface area contributed by atoms with Crippen molar-refractivity contribution in [2.24, 2.45) is 5.92 Å². The number of ether oxygens (including phenoxy) is 1. The van der Waals surface area contributed by atoms with Gasteiger partial charge in [-0.2, -0.15) is 0 Å². The van der Waals surface area contributed by atoms with Crippen molar-refractivity contribution in [1.29, 1.82) is 0 Å². The van der Waals surface area contributed by atoms with E-state index in [1.165, 1.54) is 0 Å². The molecule has 0 aromatic heterocycles. The number of allylic oxidation sites excluding steroid dienone is 2. The average Bonchev–Trinajstić information content (AvgIpc) is 3.33. The molecule has 0 spiro atoms. The third-order valence-electron chi connectivity index (χ3n) is 5.56. The van der Waals surface area contributed by atoms with Crippen molar-refractivity contribution in [3.05, 3.63) is 90.5 Å². The van der Waals surface area contributed by atoms with Crippen LogP contribution in [0, 0.1) is 5.92 Å². The van der Waals surface area contributed by atoms with E-state index in [2.05, 4.69) is 22.8 Å². The number of nitrogens with one attached hydrogen (secondary N) is 2. The van der Waals surface area contributed by atoms with Crippen molar-refractivity contribution in [2.45, 2.75) is 19.3 Å². The number of hydrogen-bond acceptors (Lipinski definition) is 3. The normalized spacial score (nSPS) is 14.7. The van der Waals surface area contributed by atoms with E-state index in [9.17, 15) is 9.59 Å². The maximum Gasteiger partial charge on any atom is 0.255 e. The van der Waals surface area contributed by atoms with Crippen molar-refractivity contribution >= 4 is 23.2 Å². The molecule has 0 aliphatic heterocycles. The Labute approximate surface area is 188 Å². The summed E-state index contributed by atoms with van der Waals surface area (Å²) in [5.74, 6) is 0.665. The third-order valence-corrected chi connectivity index (χ3v) is 5.56. The highest BCUT2D eigenvalue weighted by atomic mass is 16.5. The van der Waals surface area contributed by atoms with Crippen LogP contribution < -0.4 is 15.4 Å². The molecule has 0 heterocycles. The molecular weight excluding hydrogens is 400 g/mol. The summed E-state index contributed by atoms with van der Waals surface area (Å²) in [5.41, 5.74) is 3.45. The van der Waals surface area contributed by atoms with E-state index in [-0.39, 0.29) is 17.7 Å². The highest BCUT2D eigenvalue weighted by molar-refractivity contribution is 6.08. The number of anilines is 2. The number of amides is 2. The summed E-state index contributed by atoms with van der Waals surface area (Å²) in [6.07, 6.45) is 6.69. The molecular formula is C27H26N2O3. The van der Waals surface area contributed by atoms with Gasteiger partial charge in [-0.15, -0.1) is 0 Å². The van der Waals surface area contributed by atoms with Gasteiger partial charge < -0.3 is 15.4 Å². The summed E-state index contributed by atoms with van der Waals surface area (Å²) in [7, 11) is 1.61. The van der Waals surface area contributed by atoms with E-state index in [4.69, 9.17) is 4.74 Å². The van der Waals surface area contributed by atoms with E-state index in [0.717, 1.165) is 24.0 Å². The Morgan fingerprint density at radius 3 is 2.34 bits per heavy atom. The summed E-state index contributed by atoms with van der Waals surface area (Å²) in [6, 6.07) is 22.4. The Morgan fingerprint density at radius 2 is 1.66 bits per heavy atom. The lowest BCUT2D eigenvalue weighted by molar-refractivity contribution is -0.116. The smallest absolute Gasteiger partial charge is 0.255 e. The zero-order valence-corrected chi connectivity index (χ0v) is 18.0. The van der Waals surface area contributed by atoms with Crippen molar-refractivity contribution in [3.63, 3.8) is 0 Å². The Hall–Kier alpha value is -3.86. The van der Waals surface area contributed by atoms with Crippen LogP contribution in [0.5, 0.6) is 5.75 Å². The van der Waals surface area contributed by atoms with E-state index in [1.54, 1.807) is 31.4 Å². The number of benzene rings is 3. The van der Waals surface area contributed by atoms with Crippen LogP contribution in [0.1, 0.15) is 29.6 Å². The summed E-state index contributed by atoms with van der Waals surface area (Å²) < 4.78 is 5.49. The molecule has 2 N–H and O–H groups in total. The molecule has 3 aromatic carbocycles. The third kappa shape index (κ3) is 5.06. The molecule has 1 atom stereocenters. The van der Waals surface area contributed by atoms with Gasteiger partial charge in [-0.05, 0) is 54.7 Å². The second kappa shape index (κ2) is 9.96. The average molecular weight is 427 g/mol. The van der Waals surface area contributed by atoms with Gasteiger partial charge in [0, 0.05) is 17.5 Å². The van der Waals surface area contributed by atoms with Crippen molar-refractivity contribution in [3.8, 4) is 16.9 Å². The van der Waals surface area contributed by atoms with Crippen LogP contribution in [0.2, 0.25) is 0 Å². The first-order valence-electron chi connectivity index (χ1n) is 10.7. The molecule has 1 unspecified atom stereocenters. The molecule has 1 aliphatic rings. The lowest BCUT2D eigenvalue weighted by atomic mass is 10.0. The topological polar surface area (TPSA) is 67.4 Å². The van der Waals surface area contributed by atoms with E-state index in [1.807, 2.05) is 48.5 Å². The van der Waals surface area contributed by atoms with E-state index in [0.29, 0.717) is 29.1 Å². The molecule has 4 rings (SSSR count). The second-order valence-electron chi connectivity index (χ2n) is 7.80. The first-order chi connectivity index (χ1) is 15.6. The molecule has 0 fully saturated rings. The maximum absolute atomic E-state index is 13.0. The first kappa shape index (κ1) is 21.4. The fourth-order valence-electron chi connectivity index (χ4n) is 3.89. The van der Waals surface area contributed by atoms with Crippen LogP contribution in [-0.2, 0) is 4.79 Å². The molecule has 1 aliphatic carbocycles. The quantitative estimate of drug-likeness (QED) is 0.462. The minimum absolute atomic E-state index is 0.0564. The fourth-order valence-corrected chi connectivity index (χ4v) is 3.89. The largest absolute Gasteiger partial charge is 0.496 e. The Bertz CT molecular complexity index is 1140. The molecule has 5 heteroatoms. The molecule has 32 heavy (non-hydrogen) atoms. The van der Waals surface area contributed by atoms with Gasteiger partial charge in [-0.25, -0.2) is 0 Å². The van der Waals surface area contributed by atoms with Crippen LogP contribution in [0.15, 0.2) is 84.9 Å². The van der Waals surface area contributed by atoms with Crippen molar-refractivity contribution < 1.29 is 14.3 Å². The predicted molar refractivity (Wildman–Crippen MR) is 128 cm³/mol. The highest BCUT2D eigenvalue weighted by Gasteiger charge is 2.17. The van der Waals surface area contributed by atoms with E-state index >= 15 is 0 Å². The molecule has 3 aromatic rings. The van der Waals surface area contributed by atoms with E-state index < -0.39 is 0 Å². The lowest BCUT2D eigenvalue weighted by Crippen LogP contribution is -2.18. The first-order valence-corrected chi connectivity index (χ1v) is 10.7. The minimum Gasteiger partial charge on any atom is -0.496 e. The molecule has 5 nitrogen and oxygen atoms in total. The fraction of sp³-hybridized carbons (Fsp3) is 0.185. The van der Waals surface area contributed by atoms with Crippen LogP contribution in [-0.4, -0.2) is 18.9 Å². The Morgan fingerprint density at radius 1 is 0.938 bits per heavy atom. The standard InChI is InChI=1S/C27H26N2O3/c1-32-25-16-15-21(18-22(25)20-11-3-2-4-12-20)27(31)29-24-14-8-7-13-23(24)28-26(30)17-19-9-5-6-10-19/h2-5,7-9,11-16,18-19H,6,10,17H2,1H3,(H,28,30)(H,29,31). The summed E-state index contributed by atoms with van der Waals surface area (Å²) in [5, 5.41) is 5.88. The van der Waals surface area contributed by atoms with Gasteiger partial charge in [-0.3, -0.25) is 9.59 Å². The summed E-state index contributed by atoms with van der Waals surface area (Å²) in [4.78, 5) is 25.5. The number of methoxy groups -OCH3 is 1. The lowest BCUT2D eigenvalue weighted by Gasteiger charge is -2.15. The molecule has 2 amide bonds. The molecule has 0 saturated carbocycles. The van der Waals surface area contributed by atoms with Crippen LogP contribution in [0.25, 0.3) is 11.1 Å². The number of rotatable bonds is 7. The van der Waals surface area contributed by atoms with Gasteiger partial charge in [0.25, 0.3) is 5.91 Å². The molecule has 0 saturated heterocycles. The summed E-state index contributed by atoms with van der Waals surface area (Å²) >= 11 is 0. The SMILES string of the molecule is COc1ccc(C(=O)Nc2ccccc2NC(=O)CC2C=CCC2)cc1-c1ccccc1. The van der Waals surface area contributed by atoms with Gasteiger partial charge >= 0.3 is 0 Å². The summed E-state index contributed by atoms with van der Waals surface area (Å²) in [6.45, 7) is 0. The monoisotopic (exact) mass is 426 g/mol. The number of carbonyl (C=O) groups excluding carboxylic acids is 2. The van der Waals surface area contributed by atoms with Crippen LogP contribution in [0.4, 0.5) is 11.4 Å². The predicted octanol–water partition coefficient (Wildman–Crippen LogP) is 5.91. The maximum atomic E-state index is 13.0. The Balaban J connectivity index is 1.52. The van der Waals surface area contributed by atoms with Gasteiger partial charge in [0.1, 0.15) is 5.75 Å². The highest BCUT2D eigenvalue weighted by Crippen LogP contribution is 2.31.